The quantitative estimate of drug-likeness (QED) is 0.830. The lowest BCUT2D eigenvalue weighted by atomic mass is 10.1. The van der Waals surface area contributed by atoms with Gasteiger partial charge in [0.05, 0.1) is 6.42 Å². The van der Waals surface area contributed by atoms with Crippen molar-refractivity contribution >= 4 is 33.2 Å². The highest BCUT2D eigenvalue weighted by atomic mass is 79.9. The lowest BCUT2D eigenvalue weighted by Crippen LogP contribution is -2.38. The minimum absolute atomic E-state index is 0.105. The lowest BCUT2D eigenvalue weighted by Gasteiger charge is -2.19. The number of thiophene rings is 1. The first-order chi connectivity index (χ1) is 7.13. The second kappa shape index (κ2) is 6.28. The summed E-state index contributed by atoms with van der Waals surface area (Å²) in [6.07, 6.45) is 0.489. The van der Waals surface area contributed by atoms with Gasteiger partial charge in [-0.05, 0) is 35.2 Å². The number of rotatable bonds is 5. The summed E-state index contributed by atoms with van der Waals surface area (Å²) in [6, 6.07) is 2.21. The molecule has 0 saturated heterocycles. The molecule has 2 nitrogen and oxygen atoms in total. The van der Waals surface area contributed by atoms with Gasteiger partial charge in [-0.3, -0.25) is 4.79 Å². The first-order valence-electron chi connectivity index (χ1n) is 5.00. The van der Waals surface area contributed by atoms with E-state index in [1.54, 1.807) is 11.3 Å². The zero-order valence-corrected chi connectivity index (χ0v) is 11.4. The molecule has 1 aromatic heterocycles. The van der Waals surface area contributed by atoms with Gasteiger partial charge in [0.25, 0.3) is 0 Å². The molecule has 0 spiro atoms. The molecule has 0 radical (unpaired) electrons. The van der Waals surface area contributed by atoms with Gasteiger partial charge in [-0.25, -0.2) is 0 Å². The zero-order valence-electron chi connectivity index (χ0n) is 9.00. The Labute approximate surface area is 103 Å². The Hall–Kier alpha value is -0.350. The topological polar surface area (TPSA) is 29.1 Å². The van der Waals surface area contributed by atoms with E-state index >= 15 is 0 Å². The van der Waals surface area contributed by atoms with Crippen LogP contribution in [0.3, 0.4) is 0 Å². The second-order valence-electron chi connectivity index (χ2n) is 3.80. The molecule has 0 aromatic carbocycles. The lowest BCUT2D eigenvalue weighted by molar-refractivity contribution is -0.121. The number of amides is 1. The van der Waals surface area contributed by atoms with Crippen molar-refractivity contribution < 1.29 is 4.79 Å². The molecule has 0 saturated carbocycles. The number of halogens is 1. The van der Waals surface area contributed by atoms with Crippen LogP contribution in [0.2, 0.25) is 0 Å². The van der Waals surface area contributed by atoms with E-state index in [9.17, 15) is 4.79 Å². The van der Waals surface area contributed by atoms with Gasteiger partial charge in [0, 0.05) is 11.4 Å². The summed E-state index contributed by atoms with van der Waals surface area (Å²) >= 11 is 5.04. The Kier molecular flexibility index (Phi) is 5.32. The predicted molar refractivity (Wildman–Crippen MR) is 68.6 cm³/mol. The van der Waals surface area contributed by atoms with Gasteiger partial charge >= 0.3 is 0 Å². The van der Waals surface area contributed by atoms with Crippen LogP contribution in [0.15, 0.2) is 16.8 Å². The van der Waals surface area contributed by atoms with Crippen LogP contribution < -0.4 is 5.32 Å². The summed E-state index contributed by atoms with van der Waals surface area (Å²) in [7, 11) is 0. The maximum Gasteiger partial charge on any atom is 0.224 e. The van der Waals surface area contributed by atoms with Crippen LogP contribution in [0.25, 0.3) is 0 Å². The summed E-state index contributed by atoms with van der Waals surface area (Å²) in [4.78, 5) is 11.6. The average molecular weight is 290 g/mol. The number of carbonyl (C=O) groups excluding carboxylic acids is 1. The van der Waals surface area contributed by atoms with E-state index < -0.39 is 0 Å². The van der Waals surface area contributed by atoms with Gasteiger partial charge in [-0.1, -0.05) is 22.9 Å². The normalized spacial score (nSPS) is 14.6. The molecule has 15 heavy (non-hydrogen) atoms. The number of nitrogens with one attached hydrogen (secondary N) is 1. The molecule has 2 unspecified atom stereocenters. The van der Waals surface area contributed by atoms with Gasteiger partial charge in [0.1, 0.15) is 0 Å². The largest absolute Gasteiger partial charge is 0.353 e. The van der Waals surface area contributed by atoms with Crippen molar-refractivity contribution in [2.24, 2.45) is 5.92 Å². The molecule has 2 atom stereocenters. The Morgan fingerprint density at radius 1 is 1.60 bits per heavy atom. The molecule has 1 heterocycles. The van der Waals surface area contributed by atoms with E-state index in [4.69, 9.17) is 0 Å². The molecule has 1 N–H and O–H groups in total. The van der Waals surface area contributed by atoms with Crippen LogP contribution in [0.4, 0.5) is 0 Å². The maximum absolute atomic E-state index is 11.6. The highest BCUT2D eigenvalue weighted by Crippen LogP contribution is 2.08. The third-order valence-electron chi connectivity index (χ3n) is 2.43. The van der Waals surface area contributed by atoms with Crippen LogP contribution in [-0.4, -0.2) is 17.3 Å². The Bertz CT molecular complexity index is 300. The van der Waals surface area contributed by atoms with Gasteiger partial charge in [-0.2, -0.15) is 11.3 Å². The van der Waals surface area contributed by atoms with Crippen molar-refractivity contribution in [1.29, 1.82) is 0 Å². The molecule has 84 valence electrons. The molecule has 0 bridgehead atoms. The van der Waals surface area contributed by atoms with E-state index in [1.165, 1.54) is 0 Å². The van der Waals surface area contributed by atoms with Crippen molar-refractivity contribution in [2.75, 3.05) is 5.33 Å². The fourth-order valence-corrected chi connectivity index (χ4v) is 2.39. The predicted octanol–water partition coefficient (Wildman–Crippen LogP) is 2.83. The summed E-state index contributed by atoms with van der Waals surface area (Å²) in [5.74, 6) is 0.560. The van der Waals surface area contributed by atoms with Crippen molar-refractivity contribution in [3.8, 4) is 0 Å². The minimum atomic E-state index is 0.105. The molecular formula is C11H16BrNOS. The summed E-state index contributed by atoms with van der Waals surface area (Å²) in [5, 5.41) is 7.92. The third kappa shape index (κ3) is 4.34. The van der Waals surface area contributed by atoms with Gasteiger partial charge in [0.15, 0.2) is 0 Å². The van der Waals surface area contributed by atoms with Crippen LogP contribution in [0.5, 0.6) is 0 Å². The average Bonchev–Trinajstić information content (AvgIpc) is 2.68. The molecule has 4 heteroatoms. The van der Waals surface area contributed by atoms with Crippen LogP contribution in [0, 0.1) is 5.92 Å². The summed E-state index contributed by atoms with van der Waals surface area (Å²) in [6.45, 7) is 4.15. The fourth-order valence-electron chi connectivity index (χ4n) is 1.16. The summed E-state index contributed by atoms with van der Waals surface area (Å²) < 4.78 is 0. The summed E-state index contributed by atoms with van der Waals surface area (Å²) in [5.41, 5.74) is 1.09. The molecular weight excluding hydrogens is 274 g/mol. The zero-order chi connectivity index (χ0) is 11.3. The van der Waals surface area contributed by atoms with Crippen LogP contribution >= 0.6 is 27.3 Å². The Balaban J connectivity index is 2.36. The van der Waals surface area contributed by atoms with E-state index in [-0.39, 0.29) is 11.9 Å². The Morgan fingerprint density at radius 3 is 2.87 bits per heavy atom. The molecule has 0 fully saturated rings. The van der Waals surface area contributed by atoms with Gasteiger partial charge in [-0.15, -0.1) is 0 Å². The smallest absolute Gasteiger partial charge is 0.224 e. The number of hydrogen-bond acceptors (Lipinski definition) is 2. The minimum Gasteiger partial charge on any atom is -0.353 e. The molecule has 1 aromatic rings. The molecule has 0 aliphatic carbocycles. The van der Waals surface area contributed by atoms with E-state index in [2.05, 4.69) is 28.2 Å². The maximum atomic E-state index is 11.6. The Morgan fingerprint density at radius 2 is 2.33 bits per heavy atom. The fraction of sp³-hybridized carbons (Fsp3) is 0.545. The standard InChI is InChI=1S/C11H16BrNOS/c1-8(6-12)9(2)13-11(14)5-10-3-4-15-7-10/h3-4,7-9H,5-6H2,1-2H3,(H,13,14). The monoisotopic (exact) mass is 289 g/mol. The second-order valence-corrected chi connectivity index (χ2v) is 5.22. The van der Waals surface area contributed by atoms with E-state index in [0.717, 1.165) is 10.9 Å². The molecule has 0 aliphatic rings. The van der Waals surface area contributed by atoms with Crippen molar-refractivity contribution in [2.45, 2.75) is 26.3 Å². The van der Waals surface area contributed by atoms with Gasteiger partial charge in [0.2, 0.25) is 5.91 Å². The van der Waals surface area contributed by atoms with Crippen molar-refractivity contribution in [3.63, 3.8) is 0 Å². The molecule has 1 amide bonds. The SMILES string of the molecule is CC(CBr)C(C)NC(=O)Cc1ccsc1. The van der Waals surface area contributed by atoms with E-state index in [1.807, 2.05) is 23.8 Å². The van der Waals surface area contributed by atoms with Gasteiger partial charge < -0.3 is 5.32 Å². The van der Waals surface area contributed by atoms with E-state index in [0.29, 0.717) is 12.3 Å². The first-order valence-corrected chi connectivity index (χ1v) is 7.06. The number of carbonyl (C=O) groups is 1. The van der Waals surface area contributed by atoms with Crippen LogP contribution in [0.1, 0.15) is 19.4 Å². The number of hydrogen-bond donors (Lipinski definition) is 1. The van der Waals surface area contributed by atoms with Crippen molar-refractivity contribution in [3.05, 3.63) is 22.4 Å². The highest BCUT2D eigenvalue weighted by molar-refractivity contribution is 9.09. The molecule has 1 rings (SSSR count). The first kappa shape index (κ1) is 12.7. The highest BCUT2D eigenvalue weighted by Gasteiger charge is 2.13. The van der Waals surface area contributed by atoms with Crippen molar-refractivity contribution in [1.82, 2.24) is 5.32 Å². The van der Waals surface area contributed by atoms with Crippen LogP contribution in [-0.2, 0) is 11.2 Å². The third-order valence-corrected chi connectivity index (χ3v) is 4.18. The molecule has 0 aliphatic heterocycles. The number of alkyl halides is 1.